The van der Waals surface area contributed by atoms with Crippen LogP contribution in [0.2, 0.25) is 0 Å². The Morgan fingerprint density at radius 3 is 2.28 bits per heavy atom. The number of amides is 1. The number of anilines is 1. The van der Waals surface area contributed by atoms with E-state index in [0.717, 1.165) is 0 Å². The molecule has 0 aliphatic heterocycles. The number of carbonyl (C=O) groups is 1. The Morgan fingerprint density at radius 2 is 1.63 bits per heavy atom. The lowest BCUT2D eigenvalue weighted by atomic mass is 10.1. The Labute approximate surface area is 251 Å². The van der Waals surface area contributed by atoms with Gasteiger partial charge in [0.25, 0.3) is 5.91 Å². The summed E-state index contributed by atoms with van der Waals surface area (Å²) in [5.74, 6) is 0.175. The van der Waals surface area contributed by atoms with Gasteiger partial charge in [0.2, 0.25) is 15.9 Å². The van der Waals surface area contributed by atoms with Crippen molar-refractivity contribution in [3.63, 3.8) is 0 Å². The zero-order chi connectivity index (χ0) is 30.6. The number of benzene rings is 4. The predicted octanol–water partition coefficient (Wildman–Crippen LogP) is 4.75. The molecule has 1 amide bonds. The van der Waals surface area contributed by atoms with Crippen molar-refractivity contribution in [3.8, 4) is 17.6 Å². The minimum atomic E-state index is -3.95. The fourth-order valence-corrected chi connectivity index (χ4v) is 6.56. The first kappa shape index (κ1) is 29.7. The summed E-state index contributed by atoms with van der Waals surface area (Å²) in [5, 5.41) is 31.4. The van der Waals surface area contributed by atoms with E-state index in [9.17, 15) is 23.4 Å². The maximum absolute atomic E-state index is 13.7. The monoisotopic (exact) mass is 615 g/mol. The molecule has 10 nitrogen and oxygen atoms in total. The van der Waals surface area contributed by atoms with Gasteiger partial charge in [0.05, 0.1) is 52.0 Å². The highest BCUT2D eigenvalue weighted by Crippen LogP contribution is 2.32. The number of aliphatic hydroxyl groups excluding tert-OH is 2. The van der Waals surface area contributed by atoms with Crippen LogP contribution in [0.15, 0.2) is 94.7 Å². The fraction of sp³-hybridized carbons (Fsp3) is 0.129. The molecule has 0 bridgehead atoms. The smallest absolute Gasteiger partial charge is 0.271 e. The number of rotatable bonds is 10. The van der Waals surface area contributed by atoms with Gasteiger partial charge in [0.15, 0.2) is 5.13 Å². The Kier molecular flexibility index (Phi) is 8.70. The minimum absolute atomic E-state index is 0.0375. The van der Waals surface area contributed by atoms with E-state index in [0.29, 0.717) is 32.7 Å². The maximum atomic E-state index is 13.7. The van der Waals surface area contributed by atoms with Gasteiger partial charge in [-0.05, 0) is 83.9 Å². The molecule has 0 fully saturated rings. The van der Waals surface area contributed by atoms with E-state index in [2.05, 4.69) is 10.3 Å². The van der Waals surface area contributed by atoms with Crippen LogP contribution in [0.1, 0.15) is 28.4 Å². The number of hydrogen-bond donors (Lipinski definition) is 3. The summed E-state index contributed by atoms with van der Waals surface area (Å²) in [6, 6.07) is 23.4. The quantitative estimate of drug-likeness (QED) is 0.201. The van der Waals surface area contributed by atoms with Crippen LogP contribution in [0.25, 0.3) is 10.2 Å². The Bertz CT molecular complexity index is 1890. The molecular formula is C31H25N3O7S2. The molecule has 1 unspecified atom stereocenters. The zero-order valence-corrected chi connectivity index (χ0v) is 24.4. The van der Waals surface area contributed by atoms with Crippen molar-refractivity contribution in [1.29, 1.82) is 5.26 Å². The molecule has 4 aromatic carbocycles. The van der Waals surface area contributed by atoms with E-state index in [1.807, 2.05) is 6.07 Å². The molecule has 12 heteroatoms. The molecule has 1 heterocycles. The highest BCUT2D eigenvalue weighted by molar-refractivity contribution is 7.91. The lowest BCUT2D eigenvalue weighted by Crippen LogP contribution is -2.26. The lowest BCUT2D eigenvalue weighted by Gasteiger charge is -2.19. The van der Waals surface area contributed by atoms with Gasteiger partial charge in [0.1, 0.15) is 11.5 Å². The molecule has 0 spiro atoms. The second-order valence-electron chi connectivity index (χ2n) is 9.30. The minimum Gasteiger partial charge on any atom is -0.497 e. The van der Waals surface area contributed by atoms with Gasteiger partial charge >= 0.3 is 0 Å². The standard InChI is InChI=1S/C31H25N3O7S2/c1-40-23-9-11-25(12-10-23)43(38,39)26-4-2-3-20(13-26)29(41-24-7-5-19(16-32)6-8-24)30(37)34-31-33-27-14-21(17-35)22(18-36)15-28(27)42-31/h2-15,29,35-36H,17-18H2,1H3,(H,33,34,37). The number of aliphatic hydroxyl groups is 2. The number of nitrogens with zero attached hydrogens (tertiary/aromatic N) is 2. The van der Waals surface area contributed by atoms with Gasteiger partial charge in [-0.25, -0.2) is 13.4 Å². The summed E-state index contributed by atoms with van der Waals surface area (Å²) < 4.78 is 38.8. The van der Waals surface area contributed by atoms with Crippen molar-refractivity contribution in [2.24, 2.45) is 0 Å². The number of methoxy groups -OCH3 is 1. The Morgan fingerprint density at radius 1 is 0.953 bits per heavy atom. The van der Waals surface area contributed by atoms with E-state index in [4.69, 9.17) is 14.7 Å². The third-order valence-electron chi connectivity index (χ3n) is 6.60. The third kappa shape index (κ3) is 6.35. The molecule has 43 heavy (non-hydrogen) atoms. The van der Waals surface area contributed by atoms with Crippen LogP contribution < -0.4 is 14.8 Å². The average Bonchev–Trinajstić information content (AvgIpc) is 3.44. The van der Waals surface area contributed by atoms with Crippen molar-refractivity contribution in [3.05, 3.63) is 107 Å². The van der Waals surface area contributed by atoms with Gasteiger partial charge in [-0.15, -0.1) is 0 Å². The van der Waals surface area contributed by atoms with Gasteiger partial charge in [-0.1, -0.05) is 23.5 Å². The highest BCUT2D eigenvalue weighted by atomic mass is 32.2. The normalized spacial score (nSPS) is 12.0. The number of carbonyl (C=O) groups excluding carboxylic acids is 1. The Balaban J connectivity index is 1.50. The van der Waals surface area contributed by atoms with E-state index in [-0.39, 0.29) is 39.4 Å². The summed E-state index contributed by atoms with van der Waals surface area (Å²) in [6.07, 6.45) is -1.30. The van der Waals surface area contributed by atoms with Crippen LogP contribution in [0.4, 0.5) is 5.13 Å². The van der Waals surface area contributed by atoms with E-state index in [1.165, 1.54) is 48.8 Å². The molecule has 0 aliphatic carbocycles. The summed E-state index contributed by atoms with van der Waals surface area (Å²) in [7, 11) is -2.46. The van der Waals surface area contributed by atoms with Gasteiger partial charge in [-0.2, -0.15) is 5.26 Å². The molecule has 5 aromatic rings. The molecular weight excluding hydrogens is 590 g/mol. The fourth-order valence-electron chi connectivity index (χ4n) is 4.33. The van der Waals surface area contributed by atoms with Crippen LogP contribution >= 0.6 is 11.3 Å². The van der Waals surface area contributed by atoms with Crippen LogP contribution in [-0.2, 0) is 27.8 Å². The van der Waals surface area contributed by atoms with Gasteiger partial charge in [-0.3, -0.25) is 10.1 Å². The largest absolute Gasteiger partial charge is 0.497 e. The number of fused-ring (bicyclic) bond motifs is 1. The van der Waals surface area contributed by atoms with Crippen molar-refractivity contribution in [2.45, 2.75) is 29.1 Å². The van der Waals surface area contributed by atoms with E-state index >= 15 is 0 Å². The zero-order valence-electron chi connectivity index (χ0n) is 22.7. The second-order valence-corrected chi connectivity index (χ2v) is 12.3. The van der Waals surface area contributed by atoms with E-state index < -0.39 is 21.8 Å². The first-order valence-electron chi connectivity index (χ1n) is 12.9. The topological polar surface area (TPSA) is 159 Å². The number of nitrogens with one attached hydrogen (secondary N) is 1. The van der Waals surface area contributed by atoms with Crippen molar-refractivity contribution < 1.29 is 32.9 Å². The van der Waals surface area contributed by atoms with Crippen molar-refractivity contribution in [1.82, 2.24) is 4.98 Å². The second kappa shape index (κ2) is 12.6. The molecule has 5 rings (SSSR count). The van der Waals surface area contributed by atoms with E-state index in [1.54, 1.807) is 54.6 Å². The summed E-state index contributed by atoms with van der Waals surface area (Å²) in [6.45, 7) is -0.539. The van der Waals surface area contributed by atoms with Gasteiger partial charge < -0.3 is 19.7 Å². The summed E-state index contributed by atoms with van der Waals surface area (Å²) in [4.78, 5) is 18.2. The number of sulfone groups is 1. The maximum Gasteiger partial charge on any atom is 0.271 e. The Hall–Kier alpha value is -4.80. The van der Waals surface area contributed by atoms with Crippen LogP contribution in [0.3, 0.4) is 0 Å². The number of nitriles is 1. The highest BCUT2D eigenvalue weighted by Gasteiger charge is 2.27. The lowest BCUT2D eigenvalue weighted by molar-refractivity contribution is -0.123. The number of aromatic nitrogens is 1. The summed E-state index contributed by atoms with van der Waals surface area (Å²) in [5.41, 5.74) is 2.27. The molecule has 0 saturated carbocycles. The molecule has 0 radical (unpaired) electrons. The SMILES string of the molecule is COc1ccc(S(=O)(=O)c2cccc(C(Oc3ccc(C#N)cc3)C(=O)Nc3nc4cc(CO)c(CO)cc4s3)c2)cc1. The number of thiazole rings is 1. The third-order valence-corrected chi connectivity index (χ3v) is 9.30. The first-order chi connectivity index (χ1) is 20.7. The molecule has 1 atom stereocenters. The van der Waals surface area contributed by atoms with Gasteiger partial charge in [0, 0.05) is 5.56 Å². The van der Waals surface area contributed by atoms with Crippen LogP contribution in [0, 0.1) is 11.3 Å². The van der Waals surface area contributed by atoms with Crippen LogP contribution in [0.5, 0.6) is 11.5 Å². The number of hydrogen-bond acceptors (Lipinski definition) is 10. The molecule has 0 saturated heterocycles. The van der Waals surface area contributed by atoms with Crippen molar-refractivity contribution in [2.75, 3.05) is 12.4 Å². The molecule has 0 aliphatic rings. The van der Waals surface area contributed by atoms with Crippen LogP contribution in [-0.4, -0.2) is 36.6 Å². The predicted molar refractivity (Wildman–Crippen MR) is 160 cm³/mol. The first-order valence-corrected chi connectivity index (χ1v) is 15.2. The molecule has 218 valence electrons. The summed E-state index contributed by atoms with van der Waals surface area (Å²) >= 11 is 1.17. The molecule has 3 N–H and O–H groups in total. The number of ether oxygens (including phenoxy) is 2. The van der Waals surface area contributed by atoms with Crippen molar-refractivity contribution >= 4 is 42.4 Å². The average molecular weight is 616 g/mol. The molecule has 1 aromatic heterocycles.